The molecule has 7 aliphatic heterocycles. The highest BCUT2D eigenvalue weighted by Crippen LogP contribution is 2.53. The molecule has 2 saturated heterocycles. The van der Waals surface area contributed by atoms with E-state index in [9.17, 15) is 101 Å². The maximum atomic E-state index is 16.3. The molecule has 49 heteroatoms. The molecule has 11 amide bonds. The Morgan fingerprint density at radius 2 is 1.26 bits per heavy atom. The van der Waals surface area contributed by atoms with Gasteiger partial charge in [0.05, 0.1) is 51.3 Å². The number of phenols is 1. The number of benzene rings is 7. The summed E-state index contributed by atoms with van der Waals surface area (Å²) in [4.78, 5) is 161. The van der Waals surface area contributed by atoms with Gasteiger partial charge in [-0.1, -0.05) is 79.0 Å². The Bertz CT molecular complexity index is 5770. The quantitative estimate of drug-likeness (QED) is 0.0279. The number of hydrogen-bond acceptors (Lipinski definition) is 28. The molecule has 0 radical (unpaired) electrons. The van der Waals surface area contributed by atoms with E-state index in [1.807, 2.05) is 0 Å². The van der Waals surface area contributed by atoms with Crippen LogP contribution in [0.1, 0.15) is 117 Å². The van der Waals surface area contributed by atoms with Gasteiger partial charge in [-0.3, -0.25) is 43.2 Å². The number of aliphatic hydroxyl groups excluding tert-OH is 5. The zero-order valence-corrected chi connectivity index (χ0v) is 71.5. The molecule has 7 aromatic rings. The molecular formula is C84H83Cl3F6N12O28. The molecular weight excluding hydrogens is 1850 g/mol. The van der Waals surface area contributed by atoms with Gasteiger partial charge in [0.1, 0.15) is 96.7 Å². The van der Waals surface area contributed by atoms with Gasteiger partial charge >= 0.3 is 24.4 Å². The lowest BCUT2D eigenvalue weighted by Crippen LogP contribution is -2.71. The van der Waals surface area contributed by atoms with Gasteiger partial charge < -0.3 is 148 Å². The number of carbonyl (C=O) groups is 11. The van der Waals surface area contributed by atoms with Crippen molar-refractivity contribution in [3.05, 3.63) is 192 Å². The van der Waals surface area contributed by atoms with E-state index in [-0.39, 0.29) is 40.2 Å². The molecule has 8 aliphatic rings. The Labute approximate surface area is 761 Å². The average Bonchev–Trinajstić information content (AvgIpc) is 1.55. The highest BCUT2D eigenvalue weighted by atomic mass is 35.5. The van der Waals surface area contributed by atoms with Gasteiger partial charge in [0, 0.05) is 29.5 Å². The Kier molecular flexibility index (Phi) is 29.1. The molecule has 7 aromatic carbocycles. The second kappa shape index (κ2) is 39.4. The first-order chi connectivity index (χ1) is 62.6. The van der Waals surface area contributed by atoms with E-state index >= 15 is 24.0 Å². The number of urea groups is 1. The number of hydrogen-bond donors (Lipinski definition) is 21. The van der Waals surface area contributed by atoms with Crippen LogP contribution in [0.25, 0.3) is 11.1 Å². The van der Waals surface area contributed by atoms with Crippen LogP contribution in [0.3, 0.4) is 0 Å². The van der Waals surface area contributed by atoms with E-state index in [4.69, 9.17) is 84.2 Å². The third-order valence-corrected chi connectivity index (χ3v) is 23.2. The SMILES string of the molecule is CN[C@H](CC(C)C)C(=O)N[C@H]1C(=O)N[C@@H](CC(N)=O)C(=O)N[C@H]2C(=O)N[C@H]3C(=O)NC(C(=O)N[C@H](C(=O)O)c4cc(O)cc5c4-c4cc3ccc4C5(O)O)[C@H](O)c3ccc(c(Cl)c3)Oc3cc2cc(c3OCCOC2OC(C(N)=O)C(OC)C(NC(=O)Nc3ccc(Cl)c(C(F)(F)F)c3)C2OC2OC(O)C(O)C(O)C2NC(=O)c2cccc(C(F)(F)F)c2)Oc2ccc(cc2Cl)[C@H]1O. The zero-order chi connectivity index (χ0) is 96.8. The summed E-state index contributed by atoms with van der Waals surface area (Å²) in [6, 6.07) is -2.53. The van der Waals surface area contributed by atoms with Crippen LogP contribution >= 0.6 is 34.8 Å². The Balaban J connectivity index is 0.969. The van der Waals surface area contributed by atoms with Crippen LogP contribution in [0.5, 0.6) is 34.5 Å². The molecule has 40 nitrogen and oxygen atoms in total. The number of carboxylic acids is 1. The van der Waals surface area contributed by atoms with Crippen LogP contribution in [-0.4, -0.2) is 224 Å². The van der Waals surface area contributed by atoms with Crippen LogP contribution in [0, 0.1) is 5.92 Å². The van der Waals surface area contributed by atoms with Crippen LogP contribution in [0.4, 0.5) is 36.8 Å². The van der Waals surface area contributed by atoms with E-state index in [0.29, 0.717) is 18.2 Å². The van der Waals surface area contributed by atoms with E-state index in [1.165, 1.54) is 7.05 Å². The number of halogens is 9. The normalized spacial score (nSPS) is 25.9. The number of fused-ring (bicyclic) bond motifs is 12. The average molecular weight is 1930 g/mol. The number of carbonyl (C=O) groups excluding carboxylic acids is 10. The van der Waals surface area contributed by atoms with Gasteiger partial charge in [-0.25, -0.2) is 9.59 Å². The number of aliphatic carboxylic acids is 1. The maximum Gasteiger partial charge on any atom is 0.417 e. The molecule has 11 unspecified atom stereocenters. The van der Waals surface area contributed by atoms with Gasteiger partial charge in [0.2, 0.25) is 58.8 Å². The van der Waals surface area contributed by atoms with Crippen molar-refractivity contribution in [3.63, 3.8) is 0 Å². The van der Waals surface area contributed by atoms with Crippen LogP contribution in [0.2, 0.25) is 15.1 Å². The fourth-order valence-electron chi connectivity index (χ4n) is 15.8. The first kappa shape index (κ1) is 98.2. The largest absolute Gasteiger partial charge is 0.508 e. The van der Waals surface area contributed by atoms with Crippen molar-refractivity contribution in [2.24, 2.45) is 17.4 Å². The maximum absolute atomic E-state index is 16.3. The lowest BCUT2D eigenvalue weighted by atomic mass is 9.90. The Hall–Kier alpha value is -12.4. The summed E-state index contributed by atoms with van der Waals surface area (Å²) in [7, 11) is 2.34. The zero-order valence-electron chi connectivity index (χ0n) is 69.3. The highest BCUT2D eigenvalue weighted by molar-refractivity contribution is 6.32. The molecule has 710 valence electrons. The Morgan fingerprint density at radius 3 is 1.86 bits per heavy atom. The van der Waals surface area contributed by atoms with Crippen LogP contribution in [0.15, 0.2) is 121 Å². The number of phenolic OH excluding ortho intramolecular Hbond substituents is 1. The number of alkyl halides is 6. The van der Waals surface area contributed by atoms with Gasteiger partial charge in [-0.15, -0.1) is 0 Å². The van der Waals surface area contributed by atoms with Crippen molar-refractivity contribution in [1.29, 1.82) is 0 Å². The highest BCUT2D eigenvalue weighted by Gasteiger charge is 2.56. The fourth-order valence-corrected chi connectivity index (χ4v) is 16.5. The number of amides is 11. The van der Waals surface area contributed by atoms with Crippen LogP contribution in [-0.2, 0) is 85.0 Å². The summed E-state index contributed by atoms with van der Waals surface area (Å²) in [5.74, 6) is -21.4. The standard InChI is InChI=1S/C84H83Cl3F6N12O28/c1-29(2)18-46(96-3)71(114)102-57-61(108)31-9-14-48(44(86)21-31)129-50-23-34-24-51(65(50)127-16-17-128-80-67(131-79-59(63(110)64(111)78(122)133-79)104-70(113)33-6-5-7-35(19-33)83(88,89)90)60(66(126-4)68(132-80)69(95)112)105-81(123)97-36-11-13-43(85)41(25-36)84(91,92)93)130-49-15-10-32(22-45(49)87)62(109)58-76(119)101-56(77(120)121)39-26-37(106)27-42-53(39)38-20-30(8-12-40(38)82(42,124)125)54(73(116)103-58)100-74(117)55(34)99-72(115)47(28-52(94)107)98-75(57)118/h5-15,19-27,29,46-47,54-64,66-68,78-80,96,106,108-111,122,124-125H,16-18,28H2,1-4H3,(H2,94,107)(H2,95,112)(H,98,118)(H,99,115)(H,100,117)(H,101,119)(H,102,114)(H,103,116)(H,104,113)(H,120,121)(H2,97,105,123)/t46-,47+,54-,55-,56+,57-,58?,59?,60?,61-,62-,63?,64?,66?,67?,68?,78?,79?,80?/m1/s1. The number of likely N-dealkylation sites (N-methyl/N-ethyl adjacent to an activating group) is 1. The van der Waals surface area contributed by atoms with Crippen molar-refractivity contribution in [2.75, 3.05) is 32.7 Å². The van der Waals surface area contributed by atoms with Crippen molar-refractivity contribution < 1.29 is 163 Å². The van der Waals surface area contributed by atoms with Crippen LogP contribution < -0.4 is 78.8 Å². The second-order valence-electron chi connectivity index (χ2n) is 31.7. The molecule has 0 saturated carbocycles. The summed E-state index contributed by atoms with van der Waals surface area (Å²) in [5.41, 5.74) is 3.88. The number of primary amides is 2. The number of methoxy groups -OCH3 is 1. The van der Waals surface area contributed by atoms with Crippen molar-refractivity contribution in [3.8, 4) is 45.6 Å². The molecule has 0 spiro atoms. The van der Waals surface area contributed by atoms with Gasteiger partial charge in [0.15, 0.2) is 42.5 Å². The number of aliphatic hydroxyl groups is 7. The second-order valence-corrected chi connectivity index (χ2v) is 32.9. The van der Waals surface area contributed by atoms with Crippen molar-refractivity contribution in [1.82, 2.24) is 47.9 Å². The lowest BCUT2D eigenvalue weighted by molar-refractivity contribution is -0.357. The van der Waals surface area contributed by atoms with Gasteiger partial charge in [-0.2, -0.15) is 26.3 Å². The summed E-state index contributed by atoms with van der Waals surface area (Å²) < 4.78 is 135. The first-order valence-electron chi connectivity index (χ1n) is 40.1. The minimum atomic E-state index is -5.12. The molecule has 11 bridgehead atoms. The smallest absolute Gasteiger partial charge is 0.417 e. The number of aromatic hydroxyl groups is 1. The van der Waals surface area contributed by atoms with E-state index in [0.717, 1.165) is 110 Å². The molecule has 1 aliphatic carbocycles. The summed E-state index contributed by atoms with van der Waals surface area (Å²) >= 11 is 20.1. The lowest BCUT2D eigenvalue weighted by Gasteiger charge is -2.48. The summed E-state index contributed by atoms with van der Waals surface area (Å²) in [6.45, 7) is 1.57. The van der Waals surface area contributed by atoms with E-state index in [1.54, 1.807) is 13.8 Å². The summed E-state index contributed by atoms with van der Waals surface area (Å²) in [6.07, 6.45) is -34.1. The molecule has 7 heterocycles. The van der Waals surface area contributed by atoms with Gasteiger partial charge in [0.25, 0.3) is 5.91 Å². The van der Waals surface area contributed by atoms with Crippen molar-refractivity contribution >= 4 is 106 Å². The van der Waals surface area contributed by atoms with Gasteiger partial charge in [-0.05, 0) is 149 Å². The monoisotopic (exact) mass is 1930 g/mol. The first-order valence-corrected chi connectivity index (χ1v) is 41.2. The molecule has 15 rings (SSSR count). The fraction of sp³-hybridized carbons (Fsp3) is 0.369. The number of rotatable bonds is 21. The summed E-state index contributed by atoms with van der Waals surface area (Å²) in [5, 5.41) is 126. The number of ether oxygens (including phenoxy) is 8. The number of nitrogens with one attached hydrogen (secondary N) is 10. The third-order valence-electron chi connectivity index (χ3n) is 22.3. The molecule has 23 N–H and O–H groups in total. The predicted molar refractivity (Wildman–Crippen MR) is 443 cm³/mol. The minimum Gasteiger partial charge on any atom is -0.508 e. The topological polar surface area (TPSA) is 616 Å². The molecule has 0 aromatic heterocycles. The number of carboxylic acid groups (broad SMARTS) is 1. The Morgan fingerprint density at radius 1 is 0.617 bits per heavy atom. The number of anilines is 1. The number of nitrogens with two attached hydrogens (primary N) is 2. The molecule has 2 fully saturated rings. The third kappa shape index (κ3) is 21.0. The predicted octanol–water partition coefficient (Wildman–Crippen LogP) is 2.86. The molecule has 133 heavy (non-hydrogen) atoms. The van der Waals surface area contributed by atoms with Crippen molar-refractivity contribution in [2.45, 2.75) is 161 Å². The van der Waals surface area contributed by atoms with E-state index in [2.05, 4.69) is 53.2 Å². The van der Waals surface area contributed by atoms with E-state index < -0.39 is 313 Å². The minimum absolute atomic E-state index is 0.137. The molecule has 19 atom stereocenters.